The van der Waals surface area contributed by atoms with Crippen LogP contribution in [0.25, 0.3) is 0 Å². The summed E-state index contributed by atoms with van der Waals surface area (Å²) in [5.41, 5.74) is -0.343. The van der Waals surface area contributed by atoms with Gasteiger partial charge in [-0.1, -0.05) is 17.8 Å². The zero-order valence-corrected chi connectivity index (χ0v) is 15.6. The first-order valence-corrected chi connectivity index (χ1v) is 9.32. The number of hydrogen-bond donors (Lipinski definition) is 0. The van der Waals surface area contributed by atoms with Gasteiger partial charge in [0.1, 0.15) is 33.4 Å². The number of carbonyl (C=O) groups is 1. The number of thioether (sulfide) groups is 1. The zero-order chi connectivity index (χ0) is 21.4. The summed E-state index contributed by atoms with van der Waals surface area (Å²) in [6.45, 7) is 0. The van der Waals surface area contributed by atoms with Crippen LogP contribution in [-0.2, 0) is 0 Å². The maximum atomic E-state index is 14.2. The minimum Gasteiger partial charge on any atom is -0.267 e. The summed E-state index contributed by atoms with van der Waals surface area (Å²) in [7, 11) is 0. The molecule has 2 aromatic carbocycles. The molecule has 4 nitrogen and oxygen atoms in total. The maximum Gasteiger partial charge on any atom is 0.281 e. The molecule has 0 saturated heterocycles. The van der Waals surface area contributed by atoms with E-state index in [0.717, 1.165) is 28.9 Å². The van der Waals surface area contributed by atoms with E-state index in [1.807, 2.05) is 0 Å². The van der Waals surface area contributed by atoms with Gasteiger partial charge in [-0.25, -0.2) is 27.0 Å². The molecule has 0 bridgehead atoms. The van der Waals surface area contributed by atoms with Gasteiger partial charge in [0.15, 0.2) is 11.6 Å². The van der Waals surface area contributed by atoms with Crippen LogP contribution >= 0.6 is 11.8 Å². The number of hydrogen-bond acceptors (Lipinski definition) is 4. The number of amides is 1. The highest BCUT2D eigenvalue weighted by Crippen LogP contribution is 2.42. The summed E-state index contributed by atoms with van der Waals surface area (Å²) in [4.78, 5) is 16.9. The largest absolute Gasteiger partial charge is 0.281 e. The van der Waals surface area contributed by atoms with Crippen LogP contribution in [0.1, 0.15) is 26.9 Å². The molecule has 0 fully saturated rings. The fourth-order valence-corrected chi connectivity index (χ4v) is 3.96. The number of pyridine rings is 1. The van der Waals surface area contributed by atoms with Gasteiger partial charge in [-0.2, -0.15) is 5.10 Å². The third kappa shape index (κ3) is 3.65. The van der Waals surface area contributed by atoms with Crippen LogP contribution in [0.15, 0.2) is 60.0 Å². The molecule has 4 rings (SSSR count). The third-order valence-electron chi connectivity index (χ3n) is 4.21. The van der Waals surface area contributed by atoms with Crippen molar-refractivity contribution in [2.75, 3.05) is 0 Å². The predicted molar refractivity (Wildman–Crippen MR) is 99.9 cm³/mol. The Morgan fingerprint density at radius 1 is 0.933 bits per heavy atom. The lowest BCUT2D eigenvalue weighted by Crippen LogP contribution is -2.28. The van der Waals surface area contributed by atoms with Crippen molar-refractivity contribution < 1.29 is 26.7 Å². The van der Waals surface area contributed by atoms with Crippen LogP contribution in [-0.4, -0.2) is 20.9 Å². The molecule has 0 saturated carbocycles. The molecule has 1 aliphatic heterocycles. The number of halogens is 5. The Morgan fingerprint density at radius 3 is 2.30 bits per heavy atom. The molecule has 1 aliphatic rings. The fraction of sp³-hybridized carbons (Fsp3) is 0.0500. The number of nitrogens with zero attached hydrogens (tertiary/aromatic N) is 3. The van der Waals surface area contributed by atoms with Gasteiger partial charge in [-0.15, -0.1) is 0 Å². The van der Waals surface area contributed by atoms with Crippen molar-refractivity contribution in [3.63, 3.8) is 0 Å². The van der Waals surface area contributed by atoms with E-state index in [1.165, 1.54) is 18.5 Å². The predicted octanol–water partition coefficient (Wildman–Crippen LogP) is 5.03. The average Bonchev–Trinajstić information content (AvgIpc) is 3.15. The van der Waals surface area contributed by atoms with E-state index < -0.39 is 45.9 Å². The smallest absolute Gasteiger partial charge is 0.267 e. The molecule has 0 N–H and O–H groups in total. The first kappa shape index (κ1) is 20.0. The molecule has 3 aromatic rings. The lowest BCUT2D eigenvalue weighted by atomic mass is 10.1. The fourth-order valence-electron chi connectivity index (χ4n) is 2.83. The van der Waals surface area contributed by atoms with E-state index in [9.17, 15) is 26.7 Å². The van der Waals surface area contributed by atoms with Gasteiger partial charge < -0.3 is 0 Å². The highest BCUT2D eigenvalue weighted by Gasteiger charge is 2.37. The number of hydrazone groups is 1. The van der Waals surface area contributed by atoms with Crippen LogP contribution in [0.4, 0.5) is 22.0 Å². The second kappa shape index (κ2) is 7.86. The second-order valence-electron chi connectivity index (χ2n) is 6.18. The van der Waals surface area contributed by atoms with Crippen molar-refractivity contribution in [2.24, 2.45) is 5.10 Å². The third-order valence-corrected chi connectivity index (χ3v) is 5.44. The summed E-state index contributed by atoms with van der Waals surface area (Å²) in [5, 5.41) is 4.12. The molecule has 30 heavy (non-hydrogen) atoms. The van der Waals surface area contributed by atoms with E-state index in [1.54, 1.807) is 12.1 Å². The molecule has 0 radical (unpaired) electrons. The standard InChI is InChI=1S/C20H10F5N3OS/c21-12-7-15(24)17(16(25)8-12)19(29)28-20(11-2-1-5-26-9-11)30-18(27-28)10-3-4-13(22)14(23)6-10/h1-9,20H. The van der Waals surface area contributed by atoms with Crippen LogP contribution < -0.4 is 0 Å². The van der Waals surface area contributed by atoms with E-state index in [2.05, 4.69) is 10.1 Å². The van der Waals surface area contributed by atoms with E-state index in [4.69, 9.17) is 0 Å². The highest BCUT2D eigenvalue weighted by atomic mass is 32.2. The number of benzene rings is 2. The summed E-state index contributed by atoms with van der Waals surface area (Å²) in [5.74, 6) is -7.28. The van der Waals surface area contributed by atoms with Crippen molar-refractivity contribution >= 4 is 22.7 Å². The van der Waals surface area contributed by atoms with Crippen LogP contribution in [0.3, 0.4) is 0 Å². The molecule has 152 valence electrons. The minimum absolute atomic E-state index is 0.124. The first-order chi connectivity index (χ1) is 14.3. The highest BCUT2D eigenvalue weighted by molar-refractivity contribution is 8.14. The number of carbonyl (C=O) groups excluding carboxylic acids is 1. The maximum absolute atomic E-state index is 14.2. The molecule has 1 aromatic heterocycles. The topological polar surface area (TPSA) is 45.6 Å². The van der Waals surface area contributed by atoms with E-state index in [-0.39, 0.29) is 10.6 Å². The number of aromatic nitrogens is 1. The summed E-state index contributed by atoms with van der Waals surface area (Å²) in [6, 6.07) is 7.04. The second-order valence-corrected chi connectivity index (χ2v) is 7.25. The van der Waals surface area contributed by atoms with Gasteiger partial charge in [-0.05, 0) is 24.3 Å². The summed E-state index contributed by atoms with van der Waals surface area (Å²) < 4.78 is 68.5. The minimum atomic E-state index is -1.39. The molecule has 0 aliphatic carbocycles. The van der Waals surface area contributed by atoms with Crippen molar-refractivity contribution in [2.45, 2.75) is 5.37 Å². The summed E-state index contributed by atoms with van der Waals surface area (Å²) >= 11 is 0.984. The van der Waals surface area contributed by atoms with Gasteiger partial charge in [0.25, 0.3) is 5.91 Å². The van der Waals surface area contributed by atoms with Gasteiger partial charge in [0, 0.05) is 35.7 Å². The molecular weight excluding hydrogens is 425 g/mol. The first-order valence-electron chi connectivity index (χ1n) is 8.44. The quantitative estimate of drug-likeness (QED) is 0.543. The Morgan fingerprint density at radius 2 is 1.67 bits per heavy atom. The Bertz CT molecular complexity index is 1150. The zero-order valence-electron chi connectivity index (χ0n) is 14.8. The molecular formula is C20H10F5N3OS. The van der Waals surface area contributed by atoms with E-state index >= 15 is 0 Å². The van der Waals surface area contributed by atoms with Crippen LogP contribution in [0.2, 0.25) is 0 Å². The molecule has 10 heteroatoms. The van der Waals surface area contributed by atoms with E-state index in [0.29, 0.717) is 17.7 Å². The van der Waals surface area contributed by atoms with Crippen molar-refractivity contribution in [1.82, 2.24) is 9.99 Å². The van der Waals surface area contributed by atoms with Gasteiger partial charge in [0.2, 0.25) is 0 Å². The molecule has 0 spiro atoms. The normalized spacial score (nSPS) is 16.0. The Hall–Kier alpha value is -3.27. The van der Waals surface area contributed by atoms with Crippen molar-refractivity contribution in [1.29, 1.82) is 0 Å². The van der Waals surface area contributed by atoms with Gasteiger partial charge in [-0.3, -0.25) is 9.78 Å². The molecule has 1 amide bonds. The SMILES string of the molecule is O=C(c1c(F)cc(F)cc1F)N1N=C(c2ccc(F)c(F)c2)SC1c1cccnc1. The van der Waals surface area contributed by atoms with Crippen molar-refractivity contribution in [3.05, 3.63) is 101 Å². The molecule has 2 heterocycles. The van der Waals surface area contributed by atoms with Crippen LogP contribution in [0, 0.1) is 29.1 Å². The average molecular weight is 435 g/mol. The van der Waals surface area contributed by atoms with Crippen LogP contribution in [0.5, 0.6) is 0 Å². The lowest BCUT2D eigenvalue weighted by Gasteiger charge is -2.21. The lowest BCUT2D eigenvalue weighted by molar-refractivity contribution is 0.0739. The van der Waals surface area contributed by atoms with Gasteiger partial charge in [0.05, 0.1) is 0 Å². The summed E-state index contributed by atoms with van der Waals surface area (Å²) in [6.07, 6.45) is 2.92. The van der Waals surface area contributed by atoms with Gasteiger partial charge >= 0.3 is 0 Å². The Balaban J connectivity index is 1.79. The molecule has 1 atom stereocenters. The molecule has 1 unspecified atom stereocenters. The Kier molecular flexibility index (Phi) is 5.25. The van der Waals surface area contributed by atoms with Crippen molar-refractivity contribution in [3.8, 4) is 0 Å². The number of rotatable bonds is 3. The monoisotopic (exact) mass is 435 g/mol. The Labute approximate surface area is 171 Å².